The summed E-state index contributed by atoms with van der Waals surface area (Å²) in [6.45, 7) is 0. The molecule has 200 valence electrons. The third-order valence-electron chi connectivity index (χ3n) is 6.01. The minimum atomic E-state index is -3.41. The molecule has 0 saturated heterocycles. The predicted octanol–water partition coefficient (Wildman–Crippen LogP) is 5.14. The van der Waals surface area contributed by atoms with Crippen molar-refractivity contribution >= 4 is 33.2 Å². The number of urea groups is 1. The first-order chi connectivity index (χ1) is 18.7. The molecule has 0 fully saturated rings. The molecule has 0 aliphatic heterocycles. The van der Waals surface area contributed by atoms with Gasteiger partial charge in [0.1, 0.15) is 11.8 Å². The van der Waals surface area contributed by atoms with Gasteiger partial charge >= 0.3 is 6.03 Å². The van der Waals surface area contributed by atoms with Crippen LogP contribution in [0.5, 0.6) is 5.75 Å². The van der Waals surface area contributed by atoms with Crippen LogP contribution >= 0.6 is 0 Å². The molecule has 0 aromatic heterocycles. The van der Waals surface area contributed by atoms with Crippen LogP contribution < -0.4 is 20.7 Å². The number of para-hydroxylation sites is 2. The number of rotatable bonds is 9. The van der Waals surface area contributed by atoms with Crippen LogP contribution in [0.2, 0.25) is 0 Å². The van der Waals surface area contributed by atoms with E-state index in [4.69, 9.17) is 4.74 Å². The van der Waals surface area contributed by atoms with E-state index in [-0.39, 0.29) is 11.3 Å². The highest BCUT2D eigenvalue weighted by Crippen LogP contribution is 2.28. The van der Waals surface area contributed by atoms with Crippen LogP contribution in [0.4, 0.5) is 16.2 Å². The van der Waals surface area contributed by atoms with Crippen molar-refractivity contribution in [3.05, 3.63) is 109 Å². The maximum absolute atomic E-state index is 13.3. The fourth-order valence-corrected chi connectivity index (χ4v) is 5.03. The van der Waals surface area contributed by atoms with Crippen LogP contribution in [-0.4, -0.2) is 39.8 Å². The lowest BCUT2D eigenvalue weighted by Gasteiger charge is -2.20. The van der Waals surface area contributed by atoms with Gasteiger partial charge in [-0.1, -0.05) is 72.8 Å². The van der Waals surface area contributed by atoms with Crippen LogP contribution in [0.25, 0.3) is 11.1 Å². The second-order valence-corrected chi connectivity index (χ2v) is 10.9. The summed E-state index contributed by atoms with van der Waals surface area (Å²) >= 11 is 0. The molecule has 0 unspecified atom stereocenters. The normalized spacial score (nSPS) is 11.7. The van der Waals surface area contributed by atoms with Gasteiger partial charge in [0.2, 0.25) is 5.91 Å². The average molecular weight is 544 g/mol. The molecule has 0 bridgehead atoms. The number of hydrogen-bond donors (Lipinski definition) is 3. The minimum absolute atomic E-state index is 0.231. The molecule has 0 radical (unpaired) electrons. The van der Waals surface area contributed by atoms with E-state index in [0.717, 1.165) is 5.56 Å². The molecule has 4 rings (SSSR count). The van der Waals surface area contributed by atoms with E-state index in [0.29, 0.717) is 28.3 Å². The molecule has 0 aliphatic carbocycles. The molecule has 0 heterocycles. The first-order valence-electron chi connectivity index (χ1n) is 12.2. The summed E-state index contributed by atoms with van der Waals surface area (Å²) in [5.41, 5.74) is 3.13. The van der Waals surface area contributed by atoms with Crippen LogP contribution in [0, 0.1) is 0 Å². The summed E-state index contributed by atoms with van der Waals surface area (Å²) in [5, 5.41) is 8.35. The Hall–Kier alpha value is -4.63. The van der Waals surface area contributed by atoms with Gasteiger partial charge in [-0.25, -0.2) is 13.2 Å². The van der Waals surface area contributed by atoms with Gasteiger partial charge in [-0.2, -0.15) is 0 Å². The predicted molar refractivity (Wildman–Crippen MR) is 153 cm³/mol. The quantitative estimate of drug-likeness (QED) is 0.271. The second-order valence-electron chi connectivity index (χ2n) is 8.88. The number of nitrogens with one attached hydrogen (secondary N) is 3. The monoisotopic (exact) mass is 543 g/mol. The highest BCUT2D eigenvalue weighted by molar-refractivity contribution is 7.90. The number of benzene rings is 4. The first-order valence-corrected chi connectivity index (χ1v) is 14.1. The Morgan fingerprint density at radius 3 is 2.13 bits per heavy atom. The molecule has 0 saturated carbocycles. The minimum Gasteiger partial charge on any atom is -0.495 e. The smallest absolute Gasteiger partial charge is 0.320 e. The maximum atomic E-state index is 13.3. The number of hydrogen-bond acceptors (Lipinski definition) is 5. The summed E-state index contributed by atoms with van der Waals surface area (Å²) < 4.78 is 29.7. The number of methoxy groups -OCH3 is 1. The Labute approximate surface area is 228 Å². The van der Waals surface area contributed by atoms with Gasteiger partial charge in [0, 0.05) is 23.9 Å². The zero-order chi connectivity index (χ0) is 27.8. The Kier molecular flexibility index (Phi) is 8.63. The lowest BCUT2D eigenvalue weighted by molar-refractivity contribution is -0.117. The van der Waals surface area contributed by atoms with E-state index < -0.39 is 27.8 Å². The van der Waals surface area contributed by atoms with Crippen LogP contribution in [0.3, 0.4) is 0 Å². The van der Waals surface area contributed by atoms with Crippen molar-refractivity contribution < 1.29 is 22.7 Å². The van der Waals surface area contributed by atoms with E-state index in [1.54, 1.807) is 72.8 Å². The maximum Gasteiger partial charge on any atom is 0.320 e. The third-order valence-corrected chi connectivity index (χ3v) is 7.16. The van der Waals surface area contributed by atoms with Gasteiger partial charge in [0.25, 0.3) is 0 Å². The SMILES string of the molecule is COc1ccccc1NC(=O)N[C@@H](Cc1ccccc1)C(=O)Nc1ccc(-c2ccccc2S(C)(=O)=O)cc1. The van der Waals surface area contributed by atoms with Gasteiger partial charge < -0.3 is 20.7 Å². The van der Waals surface area contributed by atoms with Gasteiger partial charge in [0.05, 0.1) is 17.7 Å². The highest BCUT2D eigenvalue weighted by Gasteiger charge is 2.22. The summed E-state index contributed by atoms with van der Waals surface area (Å²) in [4.78, 5) is 26.4. The van der Waals surface area contributed by atoms with Gasteiger partial charge in [-0.3, -0.25) is 4.79 Å². The van der Waals surface area contributed by atoms with Crippen LogP contribution in [0.1, 0.15) is 5.56 Å². The van der Waals surface area contributed by atoms with E-state index >= 15 is 0 Å². The van der Waals surface area contributed by atoms with Gasteiger partial charge in [-0.05, 0) is 41.5 Å². The summed E-state index contributed by atoms with van der Waals surface area (Å²) in [7, 11) is -1.91. The number of carbonyl (C=O) groups is 2. The van der Waals surface area contributed by atoms with Gasteiger partial charge in [-0.15, -0.1) is 0 Å². The van der Waals surface area contributed by atoms with E-state index in [9.17, 15) is 18.0 Å². The standard InChI is InChI=1S/C30H29N3O5S/c1-38-27-14-8-7-13-25(27)32-30(35)33-26(20-21-10-4-3-5-11-21)29(34)31-23-18-16-22(17-19-23)24-12-6-9-15-28(24)39(2,36)37/h3-19,26H,20H2,1-2H3,(H,31,34)(H2,32,33,35)/t26-/m0/s1. The topological polar surface area (TPSA) is 114 Å². The Morgan fingerprint density at radius 1 is 0.795 bits per heavy atom. The van der Waals surface area contributed by atoms with Crippen molar-refractivity contribution in [2.24, 2.45) is 0 Å². The first kappa shape index (κ1) is 27.4. The fraction of sp³-hybridized carbons (Fsp3) is 0.133. The van der Waals surface area contributed by atoms with Crippen LogP contribution in [0.15, 0.2) is 108 Å². The summed E-state index contributed by atoms with van der Waals surface area (Å²) in [6.07, 6.45) is 1.44. The number of ether oxygens (including phenoxy) is 1. The Bertz CT molecular complexity index is 1560. The van der Waals surface area contributed by atoms with Crippen molar-refractivity contribution in [3.63, 3.8) is 0 Å². The zero-order valence-corrected chi connectivity index (χ0v) is 22.4. The van der Waals surface area contributed by atoms with Crippen LogP contribution in [-0.2, 0) is 21.1 Å². The zero-order valence-electron chi connectivity index (χ0n) is 21.5. The van der Waals surface area contributed by atoms with Crippen molar-refractivity contribution in [1.82, 2.24) is 5.32 Å². The molecular weight excluding hydrogens is 514 g/mol. The lowest BCUT2D eigenvalue weighted by atomic mass is 10.0. The van der Waals surface area contributed by atoms with E-state index in [1.165, 1.54) is 13.4 Å². The van der Waals surface area contributed by atoms with Crippen molar-refractivity contribution in [2.45, 2.75) is 17.4 Å². The van der Waals surface area contributed by atoms with E-state index in [2.05, 4.69) is 16.0 Å². The molecule has 4 aromatic rings. The largest absolute Gasteiger partial charge is 0.495 e. The second kappa shape index (κ2) is 12.3. The molecule has 3 N–H and O–H groups in total. The molecular formula is C30H29N3O5S. The van der Waals surface area contributed by atoms with Gasteiger partial charge in [0.15, 0.2) is 9.84 Å². The molecule has 0 aliphatic rings. The van der Waals surface area contributed by atoms with Crippen molar-refractivity contribution in [1.29, 1.82) is 0 Å². The molecule has 0 spiro atoms. The molecule has 4 aromatic carbocycles. The summed E-state index contributed by atoms with van der Waals surface area (Å²) in [6, 6.07) is 28.6. The molecule has 9 heteroatoms. The molecule has 3 amide bonds. The Morgan fingerprint density at radius 2 is 1.44 bits per heavy atom. The number of amides is 3. The van der Waals surface area contributed by atoms with Crippen molar-refractivity contribution in [3.8, 4) is 16.9 Å². The number of carbonyl (C=O) groups excluding carboxylic acids is 2. The molecule has 1 atom stereocenters. The number of sulfone groups is 1. The van der Waals surface area contributed by atoms with E-state index in [1.807, 2.05) is 30.3 Å². The molecule has 39 heavy (non-hydrogen) atoms. The summed E-state index contributed by atoms with van der Waals surface area (Å²) in [5.74, 6) is 0.0903. The number of anilines is 2. The van der Waals surface area contributed by atoms with Crippen molar-refractivity contribution in [2.75, 3.05) is 24.0 Å². The lowest BCUT2D eigenvalue weighted by Crippen LogP contribution is -2.47. The highest BCUT2D eigenvalue weighted by atomic mass is 32.2. The fourth-order valence-electron chi connectivity index (χ4n) is 4.11. The molecule has 8 nitrogen and oxygen atoms in total. The Balaban J connectivity index is 1.51. The third kappa shape index (κ3) is 7.24. The average Bonchev–Trinajstić information content (AvgIpc) is 2.93.